The molecule has 1 saturated heterocycles. The van der Waals surface area contributed by atoms with Crippen LogP contribution in [-0.4, -0.2) is 53.8 Å². The average Bonchev–Trinajstić information content (AvgIpc) is 3.36. The SMILES string of the molecule is CCC1(CCNC(=O)OCc2cc(C(=O)NC)no2)CCN(c2cnc3cc(Cl)ccc3n2)CC1. The molecule has 1 aliphatic rings. The Balaban J connectivity index is 1.23. The number of anilines is 1. The van der Waals surface area contributed by atoms with Crippen LogP contribution < -0.4 is 15.5 Å². The minimum atomic E-state index is -0.530. The van der Waals surface area contributed by atoms with E-state index in [0.29, 0.717) is 17.3 Å². The Morgan fingerprint density at radius 3 is 2.77 bits per heavy atom. The van der Waals surface area contributed by atoms with Gasteiger partial charge in [-0.25, -0.2) is 9.78 Å². The number of rotatable bonds is 8. The van der Waals surface area contributed by atoms with Crippen LogP contribution in [0, 0.1) is 5.41 Å². The Hall–Kier alpha value is -3.40. The number of hydrogen-bond acceptors (Lipinski definition) is 8. The molecule has 4 rings (SSSR count). The van der Waals surface area contributed by atoms with Crippen molar-refractivity contribution in [3.05, 3.63) is 46.9 Å². The van der Waals surface area contributed by atoms with E-state index in [1.165, 1.54) is 13.1 Å². The quantitative estimate of drug-likeness (QED) is 0.476. The molecule has 2 aromatic heterocycles. The highest BCUT2D eigenvalue weighted by molar-refractivity contribution is 6.31. The molecule has 10 nitrogen and oxygen atoms in total. The van der Waals surface area contributed by atoms with E-state index >= 15 is 0 Å². The number of benzene rings is 1. The number of alkyl carbamates (subject to hydrolysis) is 1. The second-order valence-electron chi connectivity index (χ2n) is 8.71. The van der Waals surface area contributed by atoms with Gasteiger partial charge in [0.15, 0.2) is 18.1 Å². The lowest BCUT2D eigenvalue weighted by molar-refractivity contribution is 0.0952. The fraction of sp³-hybridized carbons (Fsp3) is 0.458. The Kier molecular flexibility index (Phi) is 7.70. The van der Waals surface area contributed by atoms with Crippen molar-refractivity contribution >= 4 is 40.5 Å². The summed E-state index contributed by atoms with van der Waals surface area (Å²) in [5.41, 5.74) is 1.91. The predicted octanol–water partition coefficient (Wildman–Crippen LogP) is 3.94. The molecule has 11 heteroatoms. The number of halogens is 1. The summed E-state index contributed by atoms with van der Waals surface area (Å²) < 4.78 is 10.2. The van der Waals surface area contributed by atoms with E-state index < -0.39 is 6.09 Å². The number of amides is 2. The summed E-state index contributed by atoms with van der Waals surface area (Å²) >= 11 is 6.05. The third kappa shape index (κ3) is 6.00. The average molecular weight is 501 g/mol. The molecule has 0 atom stereocenters. The van der Waals surface area contributed by atoms with Crippen LogP contribution in [0.4, 0.5) is 10.6 Å². The standard InChI is InChI=1S/C24H29ClN6O4/c1-3-24(6-9-27-23(33)34-15-17-13-20(30-35-17)22(32)26-2)7-10-31(11-8-24)21-14-28-19-12-16(25)4-5-18(19)29-21/h4-5,12-14H,3,6-11,15H2,1-2H3,(H,26,32)(H,27,33). The summed E-state index contributed by atoms with van der Waals surface area (Å²) in [5, 5.41) is 9.56. The van der Waals surface area contributed by atoms with Crippen LogP contribution in [0.25, 0.3) is 11.0 Å². The lowest BCUT2D eigenvalue weighted by Gasteiger charge is -2.42. The van der Waals surface area contributed by atoms with Gasteiger partial charge in [0.1, 0.15) is 5.82 Å². The molecule has 2 N–H and O–H groups in total. The van der Waals surface area contributed by atoms with Gasteiger partial charge in [0.05, 0.1) is 17.2 Å². The van der Waals surface area contributed by atoms with E-state index in [2.05, 4.69) is 32.6 Å². The Labute approximate surface area is 208 Å². The topological polar surface area (TPSA) is 122 Å². The van der Waals surface area contributed by atoms with Gasteiger partial charge in [-0.15, -0.1) is 0 Å². The fourth-order valence-corrected chi connectivity index (χ4v) is 4.52. The van der Waals surface area contributed by atoms with Crippen LogP contribution in [0.1, 0.15) is 48.9 Å². The van der Waals surface area contributed by atoms with Crippen LogP contribution in [0.3, 0.4) is 0 Å². The first-order valence-corrected chi connectivity index (χ1v) is 12.0. The molecule has 0 bridgehead atoms. The lowest BCUT2D eigenvalue weighted by atomic mass is 9.73. The maximum Gasteiger partial charge on any atom is 0.407 e. The van der Waals surface area contributed by atoms with Gasteiger partial charge in [0.2, 0.25) is 0 Å². The minimum Gasteiger partial charge on any atom is -0.441 e. The third-order valence-corrected chi connectivity index (χ3v) is 6.91. The lowest BCUT2D eigenvalue weighted by Crippen LogP contribution is -2.42. The maximum absolute atomic E-state index is 12.1. The van der Waals surface area contributed by atoms with Gasteiger partial charge in [-0.2, -0.15) is 0 Å². The summed E-state index contributed by atoms with van der Waals surface area (Å²) in [6.45, 7) is 4.38. The number of piperidine rings is 1. The van der Waals surface area contributed by atoms with Gasteiger partial charge in [-0.3, -0.25) is 9.78 Å². The van der Waals surface area contributed by atoms with Crippen molar-refractivity contribution < 1.29 is 18.8 Å². The number of nitrogens with zero attached hydrogens (tertiary/aromatic N) is 4. The molecule has 2 amide bonds. The molecule has 0 spiro atoms. The fourth-order valence-electron chi connectivity index (χ4n) is 4.35. The van der Waals surface area contributed by atoms with Gasteiger partial charge >= 0.3 is 6.09 Å². The molecule has 1 aliphatic heterocycles. The van der Waals surface area contributed by atoms with Crippen molar-refractivity contribution in [2.45, 2.75) is 39.2 Å². The first-order chi connectivity index (χ1) is 16.9. The smallest absolute Gasteiger partial charge is 0.407 e. The molecule has 0 aliphatic carbocycles. The molecule has 1 fully saturated rings. The highest BCUT2D eigenvalue weighted by atomic mass is 35.5. The zero-order valence-electron chi connectivity index (χ0n) is 19.8. The molecule has 0 unspecified atom stereocenters. The first kappa shape index (κ1) is 24.7. The molecular formula is C24H29ClN6O4. The third-order valence-electron chi connectivity index (χ3n) is 6.68. The van der Waals surface area contributed by atoms with Crippen LogP contribution in [-0.2, 0) is 11.3 Å². The van der Waals surface area contributed by atoms with Crippen LogP contribution in [0.2, 0.25) is 5.02 Å². The zero-order chi connectivity index (χ0) is 24.8. The number of nitrogens with one attached hydrogen (secondary N) is 2. The highest BCUT2D eigenvalue weighted by Crippen LogP contribution is 2.39. The van der Waals surface area contributed by atoms with E-state index in [0.717, 1.165) is 55.6 Å². The normalized spacial score (nSPS) is 15.1. The molecule has 0 radical (unpaired) electrons. The van der Waals surface area contributed by atoms with E-state index in [9.17, 15) is 9.59 Å². The molecule has 1 aromatic carbocycles. The van der Waals surface area contributed by atoms with Gasteiger partial charge in [0, 0.05) is 37.8 Å². The predicted molar refractivity (Wildman–Crippen MR) is 131 cm³/mol. The molecule has 35 heavy (non-hydrogen) atoms. The summed E-state index contributed by atoms with van der Waals surface area (Å²) in [4.78, 5) is 35.2. The number of fused-ring (bicyclic) bond motifs is 1. The van der Waals surface area contributed by atoms with Crippen LogP contribution in [0.5, 0.6) is 0 Å². The molecule has 3 aromatic rings. The van der Waals surface area contributed by atoms with Crippen LogP contribution >= 0.6 is 11.6 Å². The number of carbonyl (C=O) groups excluding carboxylic acids is 2. The Morgan fingerprint density at radius 1 is 1.23 bits per heavy atom. The first-order valence-electron chi connectivity index (χ1n) is 11.7. The monoisotopic (exact) mass is 500 g/mol. The molecule has 186 valence electrons. The van der Waals surface area contributed by atoms with Crippen molar-refractivity contribution in [2.75, 3.05) is 31.6 Å². The minimum absolute atomic E-state index is 0.0945. The largest absolute Gasteiger partial charge is 0.441 e. The summed E-state index contributed by atoms with van der Waals surface area (Å²) in [5.74, 6) is 0.812. The summed E-state index contributed by atoms with van der Waals surface area (Å²) in [7, 11) is 1.50. The van der Waals surface area contributed by atoms with E-state index in [1.807, 2.05) is 18.2 Å². The van der Waals surface area contributed by atoms with E-state index in [-0.39, 0.29) is 23.6 Å². The Morgan fingerprint density at radius 2 is 2.03 bits per heavy atom. The molecular weight excluding hydrogens is 472 g/mol. The van der Waals surface area contributed by atoms with Gasteiger partial charge in [-0.1, -0.05) is 30.1 Å². The van der Waals surface area contributed by atoms with Crippen LogP contribution in [0.15, 0.2) is 35.0 Å². The van der Waals surface area contributed by atoms with Crippen molar-refractivity contribution in [2.24, 2.45) is 5.41 Å². The highest BCUT2D eigenvalue weighted by Gasteiger charge is 2.33. The summed E-state index contributed by atoms with van der Waals surface area (Å²) in [6.07, 6.45) is 5.17. The summed E-state index contributed by atoms with van der Waals surface area (Å²) in [6, 6.07) is 6.98. The van der Waals surface area contributed by atoms with Crippen molar-refractivity contribution in [3.8, 4) is 0 Å². The van der Waals surface area contributed by atoms with Gasteiger partial charge < -0.3 is 24.8 Å². The van der Waals surface area contributed by atoms with Crippen molar-refractivity contribution in [1.29, 1.82) is 0 Å². The van der Waals surface area contributed by atoms with Crippen molar-refractivity contribution in [3.63, 3.8) is 0 Å². The number of hydrogen-bond donors (Lipinski definition) is 2. The van der Waals surface area contributed by atoms with Gasteiger partial charge in [0.25, 0.3) is 5.91 Å². The number of ether oxygens (including phenoxy) is 1. The number of carbonyl (C=O) groups is 2. The second kappa shape index (κ2) is 10.9. The molecule has 3 heterocycles. The van der Waals surface area contributed by atoms with E-state index in [4.69, 9.17) is 25.8 Å². The van der Waals surface area contributed by atoms with E-state index in [1.54, 1.807) is 6.20 Å². The molecule has 0 saturated carbocycles. The number of aromatic nitrogens is 3. The second-order valence-corrected chi connectivity index (χ2v) is 9.15. The Bertz CT molecular complexity index is 1190. The van der Waals surface area contributed by atoms with Crippen molar-refractivity contribution in [1.82, 2.24) is 25.8 Å². The zero-order valence-corrected chi connectivity index (χ0v) is 20.6. The van der Waals surface area contributed by atoms with Gasteiger partial charge in [-0.05, 0) is 42.9 Å². The maximum atomic E-state index is 12.1.